The van der Waals surface area contributed by atoms with E-state index in [1.165, 1.54) is 11.1 Å². The Kier molecular flexibility index (Phi) is 6.26. The van der Waals surface area contributed by atoms with Crippen molar-refractivity contribution >= 4 is 18.0 Å². The minimum atomic E-state index is -0.794. The predicted molar refractivity (Wildman–Crippen MR) is 131 cm³/mol. The van der Waals surface area contributed by atoms with E-state index in [0.29, 0.717) is 19.4 Å². The number of nitrogens with one attached hydrogen (secondary N) is 1. The molecule has 2 aromatic rings. The van der Waals surface area contributed by atoms with Gasteiger partial charge in [-0.3, -0.25) is 9.59 Å². The maximum Gasteiger partial charge on any atom is 0.407 e. The van der Waals surface area contributed by atoms with Gasteiger partial charge in [-0.25, -0.2) is 4.79 Å². The monoisotopic (exact) mass is 476 g/mol. The van der Waals surface area contributed by atoms with E-state index in [1.54, 1.807) is 4.90 Å². The number of benzene rings is 2. The van der Waals surface area contributed by atoms with Crippen molar-refractivity contribution in [2.45, 2.75) is 51.0 Å². The normalized spacial score (nSPS) is 23.3. The zero-order chi connectivity index (χ0) is 24.6. The molecule has 2 amide bonds. The van der Waals surface area contributed by atoms with Crippen LogP contribution in [-0.4, -0.2) is 53.7 Å². The lowest BCUT2D eigenvalue weighted by molar-refractivity contribution is -0.149. The van der Waals surface area contributed by atoms with Gasteiger partial charge in [0, 0.05) is 31.5 Å². The van der Waals surface area contributed by atoms with Gasteiger partial charge in [-0.1, -0.05) is 61.9 Å². The number of carbonyl (C=O) groups is 3. The van der Waals surface area contributed by atoms with Crippen LogP contribution < -0.4 is 5.32 Å². The van der Waals surface area contributed by atoms with Gasteiger partial charge in [-0.2, -0.15) is 0 Å². The zero-order valence-corrected chi connectivity index (χ0v) is 20.0. The van der Waals surface area contributed by atoms with Crippen molar-refractivity contribution < 1.29 is 24.2 Å². The van der Waals surface area contributed by atoms with Gasteiger partial charge in [0.25, 0.3) is 0 Å². The van der Waals surface area contributed by atoms with Gasteiger partial charge in [-0.15, -0.1) is 0 Å². The van der Waals surface area contributed by atoms with Crippen LogP contribution in [0.1, 0.15) is 56.1 Å². The number of hydrogen-bond donors (Lipinski definition) is 2. The summed E-state index contributed by atoms with van der Waals surface area (Å²) in [5, 5.41) is 12.6. The molecule has 1 saturated heterocycles. The van der Waals surface area contributed by atoms with Gasteiger partial charge in [0.15, 0.2) is 0 Å². The highest BCUT2D eigenvalue weighted by Gasteiger charge is 2.55. The first-order valence-electron chi connectivity index (χ1n) is 12.6. The van der Waals surface area contributed by atoms with Crippen LogP contribution in [0.4, 0.5) is 4.79 Å². The highest BCUT2D eigenvalue weighted by atomic mass is 16.5. The molecule has 0 bridgehead atoms. The van der Waals surface area contributed by atoms with E-state index in [4.69, 9.17) is 4.74 Å². The lowest BCUT2D eigenvalue weighted by Crippen LogP contribution is -2.41. The summed E-state index contributed by atoms with van der Waals surface area (Å²) in [6, 6.07) is 16.0. The molecule has 5 rings (SSSR count). The molecule has 35 heavy (non-hydrogen) atoms. The minimum Gasteiger partial charge on any atom is -0.481 e. The van der Waals surface area contributed by atoms with Crippen molar-refractivity contribution in [2.24, 2.45) is 11.3 Å². The van der Waals surface area contributed by atoms with Crippen LogP contribution in [0, 0.1) is 11.3 Å². The number of amides is 2. The van der Waals surface area contributed by atoms with Crippen LogP contribution in [0.5, 0.6) is 0 Å². The molecule has 0 aromatic heterocycles. The van der Waals surface area contributed by atoms with Crippen LogP contribution >= 0.6 is 0 Å². The molecule has 0 unspecified atom stereocenters. The summed E-state index contributed by atoms with van der Waals surface area (Å²) in [6.45, 7) is 2.90. The molecule has 2 aliphatic carbocycles. The van der Waals surface area contributed by atoms with Crippen molar-refractivity contribution in [1.29, 1.82) is 0 Å². The third-order valence-electron chi connectivity index (χ3n) is 8.23. The number of ether oxygens (including phenoxy) is 1. The number of fused-ring (bicyclic) bond motifs is 4. The molecule has 1 aliphatic heterocycles. The van der Waals surface area contributed by atoms with E-state index in [9.17, 15) is 19.5 Å². The molecule has 2 aromatic carbocycles. The first-order valence-corrected chi connectivity index (χ1v) is 12.6. The molecule has 1 heterocycles. The largest absolute Gasteiger partial charge is 0.481 e. The summed E-state index contributed by atoms with van der Waals surface area (Å²) in [4.78, 5) is 39.2. The molecule has 184 valence electrons. The fourth-order valence-electron chi connectivity index (χ4n) is 6.27. The lowest BCUT2D eigenvalue weighted by atomic mass is 9.81. The van der Waals surface area contributed by atoms with Crippen LogP contribution in [0.25, 0.3) is 11.1 Å². The number of aliphatic carboxylic acids is 1. The highest BCUT2D eigenvalue weighted by Crippen LogP contribution is 2.49. The molecule has 3 aliphatic rings. The SMILES string of the molecule is CC[C@@H](CC(=O)N1C[C@@H]2CCC[C@]2(C(=O)O)C1)NC(=O)OCC1c2ccccc2-c2ccccc21. The number of alkyl carbamates (subject to hydrolysis) is 1. The van der Waals surface area contributed by atoms with E-state index < -0.39 is 17.5 Å². The summed E-state index contributed by atoms with van der Waals surface area (Å²) in [7, 11) is 0. The number of nitrogens with zero attached hydrogens (tertiary/aromatic N) is 1. The van der Waals surface area contributed by atoms with Crippen molar-refractivity contribution in [1.82, 2.24) is 10.2 Å². The van der Waals surface area contributed by atoms with Crippen LogP contribution in [0.3, 0.4) is 0 Å². The van der Waals surface area contributed by atoms with E-state index in [0.717, 1.165) is 24.0 Å². The van der Waals surface area contributed by atoms with E-state index in [-0.39, 0.29) is 43.4 Å². The van der Waals surface area contributed by atoms with Crippen molar-refractivity contribution in [2.75, 3.05) is 19.7 Å². The maximum absolute atomic E-state index is 13.0. The summed E-state index contributed by atoms with van der Waals surface area (Å²) in [6.07, 6.45) is 2.57. The molecule has 7 heteroatoms. The Morgan fingerprint density at radius 2 is 1.77 bits per heavy atom. The Morgan fingerprint density at radius 3 is 2.37 bits per heavy atom. The van der Waals surface area contributed by atoms with E-state index >= 15 is 0 Å². The average molecular weight is 477 g/mol. The minimum absolute atomic E-state index is 0.0222. The second-order valence-electron chi connectivity index (χ2n) is 10.1. The molecule has 2 N–H and O–H groups in total. The van der Waals surface area contributed by atoms with Gasteiger partial charge >= 0.3 is 12.1 Å². The summed E-state index contributed by atoms with van der Waals surface area (Å²) < 4.78 is 5.63. The van der Waals surface area contributed by atoms with Crippen molar-refractivity contribution in [3.8, 4) is 11.1 Å². The Bertz CT molecular complexity index is 1100. The number of carboxylic acid groups (broad SMARTS) is 1. The predicted octanol–water partition coefficient (Wildman–Crippen LogP) is 4.41. The zero-order valence-electron chi connectivity index (χ0n) is 20.0. The Hall–Kier alpha value is -3.35. The number of rotatable bonds is 7. The number of hydrogen-bond acceptors (Lipinski definition) is 4. The number of likely N-dealkylation sites (tertiary alicyclic amines) is 1. The van der Waals surface area contributed by atoms with Crippen molar-refractivity contribution in [3.63, 3.8) is 0 Å². The molecule has 3 atom stereocenters. The summed E-state index contributed by atoms with van der Waals surface area (Å²) in [5.41, 5.74) is 3.84. The Balaban J connectivity index is 1.17. The third-order valence-corrected chi connectivity index (χ3v) is 8.23. The number of carboxylic acids is 1. The Morgan fingerprint density at radius 1 is 1.11 bits per heavy atom. The first-order chi connectivity index (χ1) is 16.9. The molecule has 2 fully saturated rings. The average Bonchev–Trinajstić information content (AvgIpc) is 3.52. The van der Waals surface area contributed by atoms with Gasteiger partial charge in [0.1, 0.15) is 6.61 Å². The van der Waals surface area contributed by atoms with Gasteiger partial charge < -0.3 is 20.1 Å². The molecular formula is C28H32N2O5. The van der Waals surface area contributed by atoms with Gasteiger partial charge in [0.05, 0.1) is 5.41 Å². The first kappa shape index (κ1) is 23.4. The summed E-state index contributed by atoms with van der Waals surface area (Å²) >= 11 is 0. The second kappa shape index (κ2) is 9.36. The van der Waals surface area contributed by atoms with Gasteiger partial charge in [0.2, 0.25) is 5.91 Å². The van der Waals surface area contributed by atoms with Gasteiger partial charge in [-0.05, 0) is 47.4 Å². The maximum atomic E-state index is 13.0. The molecule has 1 saturated carbocycles. The topological polar surface area (TPSA) is 95.9 Å². The summed E-state index contributed by atoms with van der Waals surface area (Å²) in [5.74, 6) is -0.893. The fraction of sp³-hybridized carbons (Fsp3) is 0.464. The number of carbonyl (C=O) groups excluding carboxylic acids is 2. The lowest BCUT2D eigenvalue weighted by Gasteiger charge is -2.24. The van der Waals surface area contributed by atoms with E-state index in [1.807, 2.05) is 31.2 Å². The molecular weight excluding hydrogens is 444 g/mol. The second-order valence-corrected chi connectivity index (χ2v) is 10.1. The molecule has 7 nitrogen and oxygen atoms in total. The molecule has 0 spiro atoms. The Labute approximate surface area is 205 Å². The fourth-order valence-corrected chi connectivity index (χ4v) is 6.27. The van der Waals surface area contributed by atoms with E-state index in [2.05, 4.69) is 29.6 Å². The standard InChI is InChI=1S/C28H32N2O5/c1-2-19(14-25(31)30-15-18-8-7-13-28(18,17-30)26(32)33)29-27(34)35-16-24-22-11-5-3-9-20(22)21-10-4-6-12-23(21)24/h3-6,9-12,18-19,24H,2,7-8,13-17H2,1H3,(H,29,34)(H,32,33)/t18-,19-,28-/m0/s1. The third kappa shape index (κ3) is 4.17. The van der Waals surface area contributed by atoms with Crippen LogP contribution in [0.15, 0.2) is 48.5 Å². The van der Waals surface area contributed by atoms with Crippen LogP contribution in [-0.2, 0) is 14.3 Å². The van der Waals surface area contributed by atoms with Crippen LogP contribution in [0.2, 0.25) is 0 Å². The smallest absolute Gasteiger partial charge is 0.407 e. The molecule has 0 radical (unpaired) electrons. The highest BCUT2D eigenvalue weighted by molar-refractivity contribution is 5.82. The van der Waals surface area contributed by atoms with Crippen molar-refractivity contribution in [3.05, 3.63) is 59.7 Å². The quantitative estimate of drug-likeness (QED) is 0.617.